The van der Waals surface area contributed by atoms with E-state index in [1.54, 1.807) is 0 Å². The normalized spacial score (nSPS) is 18.6. The molecule has 1 heterocycles. The SMILES string of the molecule is CCCCC(=O)N1CCCC(COc2ccccc2C)C1. The smallest absolute Gasteiger partial charge is 0.222 e. The average Bonchev–Trinajstić information content (AvgIpc) is 2.52. The van der Waals surface area contributed by atoms with Crippen LogP contribution in [0.5, 0.6) is 5.75 Å². The largest absolute Gasteiger partial charge is 0.493 e. The second kappa shape index (κ2) is 8.06. The first kappa shape index (κ1) is 15.9. The van der Waals surface area contributed by atoms with Crippen LogP contribution in [0.15, 0.2) is 24.3 Å². The Kier molecular flexibility index (Phi) is 6.09. The fraction of sp³-hybridized carbons (Fsp3) is 0.611. The quantitative estimate of drug-likeness (QED) is 0.797. The van der Waals surface area contributed by atoms with E-state index in [0.717, 1.165) is 44.5 Å². The lowest BCUT2D eigenvalue weighted by Crippen LogP contribution is -2.41. The maximum Gasteiger partial charge on any atom is 0.222 e. The Morgan fingerprint density at radius 3 is 2.95 bits per heavy atom. The number of rotatable bonds is 6. The molecule has 0 N–H and O–H groups in total. The van der Waals surface area contributed by atoms with Crippen LogP contribution in [0.25, 0.3) is 0 Å². The van der Waals surface area contributed by atoms with Gasteiger partial charge in [0.1, 0.15) is 5.75 Å². The highest BCUT2D eigenvalue weighted by molar-refractivity contribution is 5.76. The van der Waals surface area contributed by atoms with Gasteiger partial charge in [-0.15, -0.1) is 0 Å². The minimum atomic E-state index is 0.317. The molecular formula is C18H27NO2. The summed E-state index contributed by atoms with van der Waals surface area (Å²) in [6.07, 6.45) is 5.03. The zero-order chi connectivity index (χ0) is 15.1. The highest BCUT2D eigenvalue weighted by Gasteiger charge is 2.23. The first-order valence-electron chi connectivity index (χ1n) is 8.17. The fourth-order valence-corrected chi connectivity index (χ4v) is 2.84. The lowest BCUT2D eigenvalue weighted by molar-refractivity contribution is -0.133. The highest BCUT2D eigenvalue weighted by atomic mass is 16.5. The minimum absolute atomic E-state index is 0.317. The van der Waals surface area contributed by atoms with Gasteiger partial charge in [0.15, 0.2) is 0 Å². The fourth-order valence-electron chi connectivity index (χ4n) is 2.84. The van der Waals surface area contributed by atoms with Gasteiger partial charge in [0.25, 0.3) is 0 Å². The van der Waals surface area contributed by atoms with Gasteiger partial charge in [0.2, 0.25) is 5.91 Å². The van der Waals surface area contributed by atoms with Crippen LogP contribution in [0.3, 0.4) is 0 Å². The van der Waals surface area contributed by atoms with E-state index in [1.165, 1.54) is 5.56 Å². The van der Waals surface area contributed by atoms with Gasteiger partial charge in [0, 0.05) is 25.4 Å². The number of piperidine rings is 1. The highest BCUT2D eigenvalue weighted by Crippen LogP contribution is 2.21. The van der Waals surface area contributed by atoms with Crippen LogP contribution in [0, 0.1) is 12.8 Å². The van der Waals surface area contributed by atoms with Crippen LogP contribution >= 0.6 is 0 Å². The third kappa shape index (κ3) is 4.76. The molecule has 1 unspecified atom stereocenters. The zero-order valence-corrected chi connectivity index (χ0v) is 13.3. The summed E-state index contributed by atoms with van der Waals surface area (Å²) in [7, 11) is 0. The van der Waals surface area contributed by atoms with Crippen molar-refractivity contribution in [1.29, 1.82) is 0 Å². The topological polar surface area (TPSA) is 29.5 Å². The van der Waals surface area contributed by atoms with Crippen LogP contribution in [-0.4, -0.2) is 30.5 Å². The van der Waals surface area contributed by atoms with Gasteiger partial charge in [-0.1, -0.05) is 31.5 Å². The third-order valence-corrected chi connectivity index (χ3v) is 4.18. The summed E-state index contributed by atoms with van der Waals surface area (Å²) in [6, 6.07) is 8.11. The van der Waals surface area contributed by atoms with Crippen molar-refractivity contribution >= 4 is 5.91 Å². The summed E-state index contributed by atoms with van der Waals surface area (Å²) < 4.78 is 5.95. The van der Waals surface area contributed by atoms with Crippen molar-refractivity contribution < 1.29 is 9.53 Å². The van der Waals surface area contributed by atoms with E-state index in [9.17, 15) is 4.79 Å². The maximum absolute atomic E-state index is 12.1. The van der Waals surface area contributed by atoms with Crippen molar-refractivity contribution in [3.8, 4) is 5.75 Å². The Hall–Kier alpha value is -1.51. The second-order valence-corrected chi connectivity index (χ2v) is 6.03. The standard InChI is InChI=1S/C18H27NO2/c1-3-4-11-18(20)19-12-7-9-16(13-19)14-21-17-10-6-5-8-15(17)2/h5-6,8,10,16H,3-4,7,9,11-14H2,1-2H3. The van der Waals surface area contributed by atoms with Crippen molar-refractivity contribution in [1.82, 2.24) is 4.90 Å². The molecule has 0 bridgehead atoms. The first-order valence-corrected chi connectivity index (χ1v) is 8.17. The lowest BCUT2D eigenvalue weighted by Gasteiger charge is -2.33. The molecule has 1 atom stereocenters. The molecule has 1 fully saturated rings. The molecule has 0 spiro atoms. The summed E-state index contributed by atoms with van der Waals surface area (Å²) >= 11 is 0. The molecule has 0 radical (unpaired) electrons. The molecule has 0 aliphatic carbocycles. The van der Waals surface area contributed by atoms with Gasteiger partial charge in [-0.25, -0.2) is 0 Å². The van der Waals surface area contributed by atoms with Gasteiger partial charge in [-0.05, 0) is 37.8 Å². The summed E-state index contributed by atoms with van der Waals surface area (Å²) in [5, 5.41) is 0. The number of amides is 1. The molecule has 0 saturated carbocycles. The number of unbranched alkanes of at least 4 members (excludes halogenated alkanes) is 1. The number of aryl methyl sites for hydroxylation is 1. The summed E-state index contributed by atoms with van der Waals surface area (Å²) in [5.41, 5.74) is 1.17. The molecule has 21 heavy (non-hydrogen) atoms. The molecular weight excluding hydrogens is 262 g/mol. The number of carbonyl (C=O) groups excluding carboxylic acids is 1. The summed E-state index contributed by atoms with van der Waals surface area (Å²) in [5.74, 6) is 1.74. The van der Waals surface area contributed by atoms with Crippen LogP contribution in [0.1, 0.15) is 44.6 Å². The zero-order valence-electron chi connectivity index (χ0n) is 13.3. The molecule has 2 rings (SSSR count). The number of benzene rings is 1. The van der Waals surface area contributed by atoms with Gasteiger partial charge >= 0.3 is 0 Å². The minimum Gasteiger partial charge on any atom is -0.493 e. The molecule has 1 aliphatic heterocycles. The van der Waals surface area contributed by atoms with Crippen molar-refractivity contribution in [3.05, 3.63) is 29.8 Å². The van der Waals surface area contributed by atoms with E-state index in [4.69, 9.17) is 4.74 Å². The number of ether oxygens (including phenoxy) is 1. The van der Waals surface area contributed by atoms with E-state index in [0.29, 0.717) is 24.9 Å². The maximum atomic E-state index is 12.1. The molecule has 1 aromatic rings. The van der Waals surface area contributed by atoms with Gasteiger partial charge in [0.05, 0.1) is 6.61 Å². The van der Waals surface area contributed by atoms with E-state index >= 15 is 0 Å². The molecule has 0 aromatic heterocycles. The van der Waals surface area contributed by atoms with Crippen molar-refractivity contribution in [2.45, 2.75) is 46.0 Å². The van der Waals surface area contributed by atoms with Crippen LogP contribution in [0.4, 0.5) is 0 Å². The molecule has 1 aliphatic rings. The predicted molar refractivity (Wildman–Crippen MR) is 85.5 cm³/mol. The molecule has 1 amide bonds. The molecule has 1 aromatic carbocycles. The molecule has 3 heteroatoms. The number of hydrogen-bond acceptors (Lipinski definition) is 2. The Bertz CT molecular complexity index is 458. The summed E-state index contributed by atoms with van der Waals surface area (Å²) in [4.78, 5) is 14.1. The number of carbonyl (C=O) groups is 1. The van der Waals surface area contributed by atoms with E-state index < -0.39 is 0 Å². The number of hydrogen-bond donors (Lipinski definition) is 0. The second-order valence-electron chi connectivity index (χ2n) is 6.03. The average molecular weight is 289 g/mol. The van der Waals surface area contributed by atoms with Crippen molar-refractivity contribution in [2.24, 2.45) is 5.92 Å². The Balaban J connectivity index is 1.81. The summed E-state index contributed by atoms with van der Waals surface area (Å²) in [6.45, 7) is 6.68. The van der Waals surface area contributed by atoms with Gasteiger partial charge in [-0.3, -0.25) is 4.79 Å². The molecule has 1 saturated heterocycles. The Labute approximate surface area is 128 Å². The van der Waals surface area contributed by atoms with E-state index in [2.05, 4.69) is 19.9 Å². The van der Waals surface area contributed by atoms with Crippen molar-refractivity contribution in [3.63, 3.8) is 0 Å². The monoisotopic (exact) mass is 289 g/mol. The van der Waals surface area contributed by atoms with Crippen LogP contribution < -0.4 is 4.74 Å². The van der Waals surface area contributed by atoms with Gasteiger partial charge in [-0.2, -0.15) is 0 Å². The Morgan fingerprint density at radius 2 is 2.19 bits per heavy atom. The number of nitrogens with zero attached hydrogens (tertiary/aromatic N) is 1. The number of para-hydroxylation sites is 1. The first-order chi connectivity index (χ1) is 10.2. The Morgan fingerprint density at radius 1 is 1.38 bits per heavy atom. The van der Waals surface area contributed by atoms with Crippen molar-refractivity contribution in [2.75, 3.05) is 19.7 Å². The third-order valence-electron chi connectivity index (χ3n) is 4.18. The number of likely N-dealkylation sites (tertiary alicyclic amines) is 1. The predicted octanol–water partition coefficient (Wildman–Crippen LogP) is 3.80. The van der Waals surface area contributed by atoms with E-state index in [1.807, 2.05) is 23.1 Å². The molecule has 116 valence electrons. The van der Waals surface area contributed by atoms with Crippen LogP contribution in [0.2, 0.25) is 0 Å². The van der Waals surface area contributed by atoms with Gasteiger partial charge < -0.3 is 9.64 Å². The van der Waals surface area contributed by atoms with E-state index in [-0.39, 0.29) is 0 Å². The molecule has 3 nitrogen and oxygen atoms in total. The lowest BCUT2D eigenvalue weighted by atomic mass is 9.98. The van der Waals surface area contributed by atoms with Crippen LogP contribution in [-0.2, 0) is 4.79 Å².